The number of aliphatic hydroxyl groups is 1. The predicted molar refractivity (Wildman–Crippen MR) is 107 cm³/mol. The number of allylic oxidation sites excluding steroid dienone is 2. The number of halogens is 2. The Bertz CT molecular complexity index is 934. The standard InChI is InChI=1S/C20H16BrClO4/c1-11-7-18(26-20-13(11)5-4-6-16(20)22)14-8-19(25-10-12(2)23)15(21)9-17(14)24-3/h4-9,23H,1-2,10H2,3H3. The summed E-state index contributed by atoms with van der Waals surface area (Å²) in [7, 11) is 1.57. The molecular weight excluding hydrogens is 420 g/mol. The van der Waals surface area contributed by atoms with Crippen LogP contribution >= 0.6 is 27.5 Å². The molecule has 1 N–H and O–H groups in total. The zero-order valence-corrected chi connectivity index (χ0v) is 16.4. The molecule has 0 saturated heterocycles. The molecule has 6 heteroatoms. The van der Waals surface area contributed by atoms with E-state index in [2.05, 4.69) is 29.1 Å². The van der Waals surface area contributed by atoms with E-state index in [0.717, 1.165) is 11.1 Å². The first kappa shape index (κ1) is 18.4. The van der Waals surface area contributed by atoms with Gasteiger partial charge in [0.05, 0.1) is 22.2 Å². The van der Waals surface area contributed by atoms with Gasteiger partial charge in [0.25, 0.3) is 0 Å². The van der Waals surface area contributed by atoms with Gasteiger partial charge < -0.3 is 19.3 Å². The van der Waals surface area contributed by atoms with Crippen molar-refractivity contribution < 1.29 is 19.3 Å². The van der Waals surface area contributed by atoms with Crippen LogP contribution in [0.25, 0.3) is 11.3 Å². The molecule has 0 spiro atoms. The van der Waals surface area contributed by atoms with Gasteiger partial charge >= 0.3 is 0 Å². The van der Waals surface area contributed by atoms with E-state index in [0.29, 0.717) is 38.1 Å². The molecule has 1 aliphatic rings. The summed E-state index contributed by atoms with van der Waals surface area (Å²) in [6.07, 6.45) is 1.82. The average Bonchev–Trinajstić information content (AvgIpc) is 2.61. The van der Waals surface area contributed by atoms with Gasteiger partial charge in [-0.2, -0.15) is 0 Å². The molecule has 0 amide bonds. The Morgan fingerprint density at radius 1 is 1.27 bits per heavy atom. The fourth-order valence-electron chi connectivity index (χ4n) is 2.54. The second kappa shape index (κ2) is 7.48. The Kier molecular flexibility index (Phi) is 5.30. The van der Waals surface area contributed by atoms with Crippen LogP contribution in [0, 0.1) is 0 Å². The topological polar surface area (TPSA) is 47.9 Å². The van der Waals surface area contributed by atoms with Crippen LogP contribution in [-0.4, -0.2) is 18.8 Å². The fraction of sp³-hybridized carbons (Fsp3) is 0.100. The van der Waals surface area contributed by atoms with Crippen LogP contribution in [0.1, 0.15) is 11.1 Å². The molecular formula is C20H16BrClO4. The number of fused-ring (bicyclic) bond motifs is 1. The Labute approximate surface area is 165 Å². The molecule has 26 heavy (non-hydrogen) atoms. The summed E-state index contributed by atoms with van der Waals surface area (Å²) in [4.78, 5) is 0. The molecule has 0 bridgehead atoms. The summed E-state index contributed by atoms with van der Waals surface area (Å²) in [6, 6.07) is 9.03. The van der Waals surface area contributed by atoms with E-state index in [1.165, 1.54) is 0 Å². The second-order valence-corrected chi connectivity index (χ2v) is 6.85. The maximum absolute atomic E-state index is 9.28. The van der Waals surface area contributed by atoms with E-state index in [1.54, 1.807) is 25.3 Å². The smallest absolute Gasteiger partial charge is 0.153 e. The molecule has 0 radical (unpaired) electrons. The minimum atomic E-state index is -0.0727. The quantitative estimate of drug-likeness (QED) is 0.584. The number of rotatable bonds is 5. The summed E-state index contributed by atoms with van der Waals surface area (Å²) < 4.78 is 17.8. The Balaban J connectivity index is 2.05. The third kappa shape index (κ3) is 3.59. The monoisotopic (exact) mass is 434 g/mol. The van der Waals surface area contributed by atoms with E-state index in [9.17, 15) is 5.11 Å². The lowest BCUT2D eigenvalue weighted by atomic mass is 10.0. The average molecular weight is 436 g/mol. The molecule has 0 unspecified atom stereocenters. The first-order valence-corrected chi connectivity index (χ1v) is 8.82. The van der Waals surface area contributed by atoms with Crippen molar-refractivity contribution in [3.8, 4) is 17.2 Å². The molecule has 1 heterocycles. The maximum Gasteiger partial charge on any atom is 0.153 e. The Morgan fingerprint density at radius 3 is 2.73 bits per heavy atom. The van der Waals surface area contributed by atoms with Gasteiger partial charge in [0.1, 0.15) is 29.6 Å². The molecule has 4 nitrogen and oxygen atoms in total. The van der Waals surface area contributed by atoms with Crippen molar-refractivity contribution in [1.82, 2.24) is 0 Å². The molecule has 0 aliphatic carbocycles. The lowest BCUT2D eigenvalue weighted by molar-refractivity contribution is 0.270. The Morgan fingerprint density at radius 2 is 2.04 bits per heavy atom. The minimum absolute atomic E-state index is 0.0222. The van der Waals surface area contributed by atoms with Gasteiger partial charge in [-0.3, -0.25) is 0 Å². The SMILES string of the molecule is C=C(O)COc1cc(C2=CC(=C)c3cccc(Cl)c3O2)c(OC)cc1Br. The summed E-state index contributed by atoms with van der Waals surface area (Å²) in [5.74, 6) is 2.11. The van der Waals surface area contributed by atoms with Crippen molar-refractivity contribution in [2.24, 2.45) is 0 Å². The summed E-state index contributed by atoms with van der Waals surface area (Å²) in [6.45, 7) is 7.48. The van der Waals surface area contributed by atoms with E-state index in [-0.39, 0.29) is 12.4 Å². The number of aliphatic hydroxyl groups excluding tert-OH is 1. The lowest BCUT2D eigenvalue weighted by Crippen LogP contribution is -2.06. The number of hydrogen-bond donors (Lipinski definition) is 1. The van der Waals surface area contributed by atoms with Crippen molar-refractivity contribution in [1.29, 1.82) is 0 Å². The molecule has 0 aromatic heterocycles. The highest BCUT2D eigenvalue weighted by atomic mass is 79.9. The van der Waals surface area contributed by atoms with Gasteiger partial charge in [0, 0.05) is 5.56 Å². The third-order valence-electron chi connectivity index (χ3n) is 3.74. The first-order valence-electron chi connectivity index (χ1n) is 7.65. The van der Waals surface area contributed by atoms with Gasteiger partial charge in [0.2, 0.25) is 0 Å². The molecule has 2 aromatic rings. The highest BCUT2D eigenvalue weighted by Gasteiger charge is 2.23. The Hall–Kier alpha value is -2.37. The molecule has 1 aliphatic heterocycles. The van der Waals surface area contributed by atoms with Gasteiger partial charge in [-0.25, -0.2) is 0 Å². The van der Waals surface area contributed by atoms with Crippen molar-refractivity contribution in [2.45, 2.75) is 0 Å². The van der Waals surface area contributed by atoms with Crippen LogP contribution in [0.15, 0.2) is 59.8 Å². The molecule has 0 atom stereocenters. The van der Waals surface area contributed by atoms with Gasteiger partial charge in [-0.15, -0.1) is 0 Å². The zero-order chi connectivity index (χ0) is 18.8. The second-order valence-electron chi connectivity index (χ2n) is 5.59. The van der Waals surface area contributed by atoms with Crippen LogP contribution in [0.5, 0.6) is 17.2 Å². The first-order chi connectivity index (χ1) is 12.4. The van der Waals surface area contributed by atoms with Gasteiger partial charge in [-0.05, 0) is 45.8 Å². The lowest BCUT2D eigenvalue weighted by Gasteiger charge is -2.22. The zero-order valence-electron chi connectivity index (χ0n) is 14.0. The summed E-state index contributed by atoms with van der Waals surface area (Å²) in [5.41, 5.74) is 2.28. The van der Waals surface area contributed by atoms with Crippen molar-refractivity contribution in [2.75, 3.05) is 13.7 Å². The number of para-hydroxylation sites is 1. The predicted octanol–water partition coefficient (Wildman–Crippen LogP) is 6.01. The molecule has 0 fully saturated rings. The van der Waals surface area contributed by atoms with Gasteiger partial charge in [-0.1, -0.05) is 36.9 Å². The van der Waals surface area contributed by atoms with Crippen molar-refractivity contribution in [3.63, 3.8) is 0 Å². The summed E-state index contributed by atoms with van der Waals surface area (Å²) in [5, 5.41) is 9.77. The summed E-state index contributed by atoms with van der Waals surface area (Å²) >= 11 is 9.71. The molecule has 134 valence electrons. The molecule has 0 saturated carbocycles. The number of methoxy groups -OCH3 is 1. The number of benzene rings is 2. The van der Waals surface area contributed by atoms with Crippen molar-refractivity contribution >= 4 is 38.9 Å². The maximum atomic E-state index is 9.28. The molecule has 3 rings (SSSR count). The normalized spacial score (nSPS) is 12.7. The van der Waals surface area contributed by atoms with Crippen LogP contribution < -0.4 is 14.2 Å². The largest absolute Gasteiger partial charge is 0.509 e. The highest BCUT2D eigenvalue weighted by molar-refractivity contribution is 9.10. The third-order valence-corrected chi connectivity index (χ3v) is 4.66. The van der Waals surface area contributed by atoms with Gasteiger partial charge in [0.15, 0.2) is 5.75 Å². The van der Waals surface area contributed by atoms with Crippen LogP contribution in [0.2, 0.25) is 5.02 Å². The van der Waals surface area contributed by atoms with E-state index >= 15 is 0 Å². The van der Waals surface area contributed by atoms with E-state index in [1.807, 2.05) is 18.2 Å². The minimum Gasteiger partial charge on any atom is -0.509 e. The van der Waals surface area contributed by atoms with Crippen LogP contribution in [-0.2, 0) is 0 Å². The fourth-order valence-corrected chi connectivity index (χ4v) is 3.19. The van der Waals surface area contributed by atoms with Crippen LogP contribution in [0.3, 0.4) is 0 Å². The molecule has 2 aromatic carbocycles. The number of ether oxygens (including phenoxy) is 3. The van der Waals surface area contributed by atoms with E-state index in [4.69, 9.17) is 25.8 Å². The van der Waals surface area contributed by atoms with Crippen molar-refractivity contribution in [3.05, 3.63) is 75.9 Å². The number of hydrogen-bond acceptors (Lipinski definition) is 4. The van der Waals surface area contributed by atoms with Crippen LogP contribution in [0.4, 0.5) is 0 Å². The van der Waals surface area contributed by atoms with E-state index < -0.39 is 0 Å². The highest BCUT2D eigenvalue weighted by Crippen LogP contribution is 2.44.